The van der Waals surface area contributed by atoms with Gasteiger partial charge in [0.2, 0.25) is 5.95 Å². The Bertz CT molecular complexity index is 1090. The molecular formula is C19H16N4O3. The Morgan fingerprint density at radius 3 is 2.77 bits per heavy atom. The van der Waals surface area contributed by atoms with Gasteiger partial charge >= 0.3 is 0 Å². The standard InChI is InChI=1S/C19H16N4O3/c1-25-13-6-4-12(5-7-13)15-8-9-20-17-16(15)18(24)23-19(22-17)21-11-14-3-2-10-26-14/h2-10H,11H2,1H3,(H2,20,21,22,23,24). The Morgan fingerprint density at radius 2 is 2.04 bits per heavy atom. The van der Waals surface area contributed by atoms with Gasteiger partial charge in [0.05, 0.1) is 25.3 Å². The highest BCUT2D eigenvalue weighted by Crippen LogP contribution is 2.26. The molecule has 7 nitrogen and oxygen atoms in total. The molecule has 130 valence electrons. The van der Waals surface area contributed by atoms with Crippen molar-refractivity contribution in [2.45, 2.75) is 6.54 Å². The summed E-state index contributed by atoms with van der Waals surface area (Å²) >= 11 is 0. The van der Waals surface area contributed by atoms with E-state index in [0.29, 0.717) is 23.5 Å². The Kier molecular flexibility index (Phi) is 4.10. The highest BCUT2D eigenvalue weighted by Gasteiger charge is 2.11. The SMILES string of the molecule is COc1ccc(-c2ccnc3nc(NCc4ccco4)[nH]c(=O)c23)cc1. The van der Waals surface area contributed by atoms with Crippen LogP contribution in [-0.4, -0.2) is 22.1 Å². The lowest BCUT2D eigenvalue weighted by atomic mass is 10.0. The molecule has 0 amide bonds. The largest absolute Gasteiger partial charge is 0.497 e. The van der Waals surface area contributed by atoms with Gasteiger partial charge in [0.25, 0.3) is 5.56 Å². The number of fused-ring (bicyclic) bond motifs is 1. The van der Waals surface area contributed by atoms with E-state index >= 15 is 0 Å². The first-order chi connectivity index (χ1) is 12.7. The molecular weight excluding hydrogens is 332 g/mol. The molecule has 0 atom stereocenters. The number of benzene rings is 1. The number of rotatable bonds is 5. The van der Waals surface area contributed by atoms with Crippen molar-refractivity contribution in [1.29, 1.82) is 0 Å². The number of nitrogens with zero attached hydrogens (tertiary/aromatic N) is 2. The number of methoxy groups -OCH3 is 1. The van der Waals surface area contributed by atoms with E-state index < -0.39 is 0 Å². The molecule has 4 rings (SSSR count). The number of H-pyrrole nitrogens is 1. The van der Waals surface area contributed by atoms with Crippen LogP contribution in [0.3, 0.4) is 0 Å². The maximum Gasteiger partial charge on any atom is 0.262 e. The van der Waals surface area contributed by atoms with Crippen LogP contribution in [0, 0.1) is 0 Å². The third-order valence-electron chi connectivity index (χ3n) is 4.02. The number of pyridine rings is 1. The summed E-state index contributed by atoms with van der Waals surface area (Å²) in [5.74, 6) is 1.84. The Balaban J connectivity index is 1.72. The summed E-state index contributed by atoms with van der Waals surface area (Å²) in [6.07, 6.45) is 3.24. The van der Waals surface area contributed by atoms with Gasteiger partial charge in [-0.05, 0) is 41.5 Å². The van der Waals surface area contributed by atoms with Crippen LogP contribution in [0.5, 0.6) is 5.75 Å². The van der Waals surface area contributed by atoms with E-state index in [9.17, 15) is 4.79 Å². The second-order valence-electron chi connectivity index (χ2n) is 5.63. The van der Waals surface area contributed by atoms with Crippen molar-refractivity contribution in [1.82, 2.24) is 15.0 Å². The van der Waals surface area contributed by atoms with Crippen LogP contribution in [0.25, 0.3) is 22.2 Å². The quantitative estimate of drug-likeness (QED) is 0.575. The van der Waals surface area contributed by atoms with Crippen molar-refractivity contribution in [3.8, 4) is 16.9 Å². The molecule has 1 aromatic carbocycles. The van der Waals surface area contributed by atoms with Crippen LogP contribution in [0.15, 0.2) is 64.1 Å². The lowest BCUT2D eigenvalue weighted by Crippen LogP contribution is -2.14. The number of aromatic amines is 1. The van der Waals surface area contributed by atoms with Crippen molar-refractivity contribution in [2.24, 2.45) is 0 Å². The number of anilines is 1. The normalized spacial score (nSPS) is 10.8. The number of aromatic nitrogens is 3. The number of nitrogens with one attached hydrogen (secondary N) is 2. The molecule has 0 fully saturated rings. The van der Waals surface area contributed by atoms with Crippen LogP contribution in [0.4, 0.5) is 5.95 Å². The van der Waals surface area contributed by atoms with Gasteiger partial charge < -0.3 is 14.5 Å². The molecule has 0 bridgehead atoms. The minimum atomic E-state index is -0.254. The van der Waals surface area contributed by atoms with Gasteiger partial charge in [0, 0.05) is 6.20 Å². The van der Waals surface area contributed by atoms with Crippen molar-refractivity contribution >= 4 is 17.0 Å². The summed E-state index contributed by atoms with van der Waals surface area (Å²) in [7, 11) is 1.61. The van der Waals surface area contributed by atoms with Crippen LogP contribution < -0.4 is 15.6 Å². The smallest absolute Gasteiger partial charge is 0.262 e. The lowest BCUT2D eigenvalue weighted by molar-refractivity contribution is 0.415. The van der Waals surface area contributed by atoms with Crippen LogP contribution in [0.2, 0.25) is 0 Å². The second kappa shape index (κ2) is 6.72. The Labute approximate surface area is 148 Å². The average Bonchev–Trinajstić information content (AvgIpc) is 3.19. The highest BCUT2D eigenvalue weighted by molar-refractivity contribution is 5.92. The number of furan rings is 1. The van der Waals surface area contributed by atoms with Crippen LogP contribution >= 0.6 is 0 Å². The fourth-order valence-electron chi connectivity index (χ4n) is 2.74. The molecule has 3 heterocycles. The van der Waals surface area contributed by atoms with Gasteiger partial charge in [0.15, 0.2) is 5.65 Å². The number of ether oxygens (including phenoxy) is 1. The van der Waals surface area contributed by atoms with Crippen molar-refractivity contribution < 1.29 is 9.15 Å². The molecule has 26 heavy (non-hydrogen) atoms. The zero-order chi connectivity index (χ0) is 17.9. The zero-order valence-electron chi connectivity index (χ0n) is 14.0. The predicted molar refractivity (Wildman–Crippen MR) is 98.2 cm³/mol. The molecule has 0 aliphatic carbocycles. The van der Waals surface area contributed by atoms with E-state index in [4.69, 9.17) is 9.15 Å². The molecule has 7 heteroatoms. The molecule has 0 unspecified atom stereocenters. The fraction of sp³-hybridized carbons (Fsp3) is 0.105. The first kappa shape index (κ1) is 15.9. The van der Waals surface area contributed by atoms with E-state index in [2.05, 4.69) is 20.3 Å². The molecule has 2 N–H and O–H groups in total. The Hall–Kier alpha value is -3.61. The number of hydrogen-bond acceptors (Lipinski definition) is 6. The molecule has 0 spiro atoms. The summed E-state index contributed by atoms with van der Waals surface area (Å²) in [4.78, 5) is 24.1. The average molecular weight is 348 g/mol. The van der Waals surface area contributed by atoms with E-state index in [0.717, 1.165) is 22.6 Å². The first-order valence-electron chi connectivity index (χ1n) is 8.04. The van der Waals surface area contributed by atoms with E-state index in [-0.39, 0.29) is 5.56 Å². The second-order valence-corrected chi connectivity index (χ2v) is 5.63. The van der Waals surface area contributed by atoms with Gasteiger partial charge in [-0.15, -0.1) is 0 Å². The van der Waals surface area contributed by atoms with E-state index in [1.165, 1.54) is 0 Å². The predicted octanol–water partition coefficient (Wildman–Crippen LogP) is 3.20. The number of hydrogen-bond donors (Lipinski definition) is 2. The van der Waals surface area contributed by atoms with Gasteiger partial charge in [-0.25, -0.2) is 4.98 Å². The topological polar surface area (TPSA) is 93.0 Å². The van der Waals surface area contributed by atoms with Crippen LogP contribution in [0.1, 0.15) is 5.76 Å². The van der Waals surface area contributed by atoms with Gasteiger partial charge in [-0.1, -0.05) is 12.1 Å². The van der Waals surface area contributed by atoms with E-state index in [1.807, 2.05) is 30.3 Å². The third kappa shape index (κ3) is 3.02. The van der Waals surface area contributed by atoms with Crippen LogP contribution in [-0.2, 0) is 6.54 Å². The van der Waals surface area contributed by atoms with Gasteiger partial charge in [0.1, 0.15) is 11.5 Å². The molecule has 0 saturated carbocycles. The van der Waals surface area contributed by atoms with Crippen molar-refractivity contribution in [3.63, 3.8) is 0 Å². The summed E-state index contributed by atoms with van der Waals surface area (Å²) in [5, 5.41) is 3.48. The zero-order valence-corrected chi connectivity index (χ0v) is 14.0. The maximum atomic E-state index is 12.7. The monoisotopic (exact) mass is 348 g/mol. The fourth-order valence-corrected chi connectivity index (χ4v) is 2.74. The summed E-state index contributed by atoms with van der Waals surface area (Å²) in [5.41, 5.74) is 1.78. The lowest BCUT2D eigenvalue weighted by Gasteiger charge is -2.08. The summed E-state index contributed by atoms with van der Waals surface area (Å²) < 4.78 is 10.4. The molecule has 0 aliphatic heterocycles. The van der Waals surface area contributed by atoms with E-state index in [1.54, 1.807) is 31.7 Å². The van der Waals surface area contributed by atoms with Crippen molar-refractivity contribution in [3.05, 3.63) is 71.0 Å². The van der Waals surface area contributed by atoms with Crippen molar-refractivity contribution in [2.75, 3.05) is 12.4 Å². The molecule has 0 saturated heterocycles. The minimum Gasteiger partial charge on any atom is -0.497 e. The minimum absolute atomic E-state index is 0.254. The highest BCUT2D eigenvalue weighted by atomic mass is 16.5. The third-order valence-corrected chi connectivity index (χ3v) is 4.02. The Morgan fingerprint density at radius 1 is 1.19 bits per heavy atom. The van der Waals surface area contributed by atoms with Gasteiger partial charge in [-0.3, -0.25) is 9.78 Å². The molecule has 0 radical (unpaired) electrons. The van der Waals surface area contributed by atoms with Gasteiger partial charge in [-0.2, -0.15) is 4.98 Å². The summed E-state index contributed by atoms with van der Waals surface area (Å²) in [6, 6.07) is 12.9. The maximum absolute atomic E-state index is 12.7. The molecule has 3 aromatic heterocycles. The molecule has 4 aromatic rings. The molecule has 0 aliphatic rings. The summed E-state index contributed by atoms with van der Waals surface area (Å²) in [6.45, 7) is 0.416. The first-order valence-corrected chi connectivity index (χ1v) is 8.04.